The average molecular weight is 399 g/mol. The topological polar surface area (TPSA) is 32.3 Å². The number of benzene rings is 3. The van der Waals surface area contributed by atoms with Gasteiger partial charge in [-0.05, 0) is 74.4 Å². The average Bonchev–Trinajstić information content (AvgIpc) is 3.25. The van der Waals surface area contributed by atoms with Gasteiger partial charge in [-0.25, -0.2) is 0 Å². The van der Waals surface area contributed by atoms with Crippen LogP contribution in [0, 0.1) is 27.7 Å². The Morgan fingerprint density at radius 3 is 2.27 bits per heavy atom. The molecule has 4 rings (SSSR count). The highest BCUT2D eigenvalue weighted by Crippen LogP contribution is 2.36. The maximum Gasteiger partial charge on any atom is 0.256 e. The van der Waals surface area contributed by atoms with Crippen LogP contribution in [-0.4, -0.2) is 19.0 Å². The molecule has 0 saturated carbocycles. The lowest BCUT2D eigenvalue weighted by Gasteiger charge is -2.26. The van der Waals surface area contributed by atoms with Gasteiger partial charge < -0.3 is 10.2 Å². The van der Waals surface area contributed by atoms with E-state index in [1.807, 2.05) is 37.3 Å². The lowest BCUT2D eigenvalue weighted by atomic mass is 9.96. The summed E-state index contributed by atoms with van der Waals surface area (Å²) < 4.78 is 0. The first-order chi connectivity index (χ1) is 14.5. The SMILES string of the molecule is Cc1ccc(-c2ccccc2)c(C(=O)Nc2c(C)cc(C)c(N3CCCC3)c2C)c1. The van der Waals surface area contributed by atoms with E-state index in [4.69, 9.17) is 0 Å². The van der Waals surface area contributed by atoms with Crippen molar-refractivity contribution < 1.29 is 4.79 Å². The van der Waals surface area contributed by atoms with Crippen LogP contribution in [-0.2, 0) is 0 Å². The van der Waals surface area contributed by atoms with Crippen LogP contribution in [0.1, 0.15) is 45.5 Å². The Labute approximate surface area is 179 Å². The zero-order valence-electron chi connectivity index (χ0n) is 18.4. The molecule has 30 heavy (non-hydrogen) atoms. The number of amides is 1. The molecule has 0 bridgehead atoms. The fourth-order valence-electron chi connectivity index (χ4n) is 4.69. The molecule has 3 heteroatoms. The number of anilines is 2. The van der Waals surface area contributed by atoms with Crippen molar-refractivity contribution in [2.45, 2.75) is 40.5 Å². The van der Waals surface area contributed by atoms with Crippen LogP contribution in [0.5, 0.6) is 0 Å². The summed E-state index contributed by atoms with van der Waals surface area (Å²) in [6, 6.07) is 18.4. The van der Waals surface area contributed by atoms with Crippen molar-refractivity contribution in [1.29, 1.82) is 0 Å². The second-order valence-electron chi connectivity index (χ2n) is 8.42. The number of hydrogen-bond acceptors (Lipinski definition) is 2. The van der Waals surface area contributed by atoms with E-state index < -0.39 is 0 Å². The predicted molar refractivity (Wildman–Crippen MR) is 127 cm³/mol. The summed E-state index contributed by atoms with van der Waals surface area (Å²) in [5, 5.41) is 3.26. The van der Waals surface area contributed by atoms with E-state index in [-0.39, 0.29) is 5.91 Å². The van der Waals surface area contributed by atoms with Crippen molar-refractivity contribution in [2.75, 3.05) is 23.3 Å². The maximum atomic E-state index is 13.5. The Kier molecular flexibility index (Phi) is 5.63. The Hall–Kier alpha value is -3.07. The molecule has 0 atom stereocenters. The lowest BCUT2D eigenvalue weighted by molar-refractivity contribution is 0.102. The smallest absolute Gasteiger partial charge is 0.256 e. The summed E-state index contributed by atoms with van der Waals surface area (Å²) in [5.41, 5.74) is 9.57. The van der Waals surface area contributed by atoms with E-state index in [0.717, 1.165) is 46.6 Å². The number of nitrogens with zero attached hydrogens (tertiary/aromatic N) is 1. The van der Waals surface area contributed by atoms with Crippen LogP contribution in [0.2, 0.25) is 0 Å². The van der Waals surface area contributed by atoms with Crippen LogP contribution in [0.4, 0.5) is 11.4 Å². The zero-order chi connectivity index (χ0) is 21.3. The van der Waals surface area contributed by atoms with Crippen molar-refractivity contribution in [1.82, 2.24) is 0 Å². The molecule has 1 saturated heterocycles. The van der Waals surface area contributed by atoms with E-state index >= 15 is 0 Å². The van der Waals surface area contributed by atoms with E-state index in [1.54, 1.807) is 0 Å². The van der Waals surface area contributed by atoms with Gasteiger partial charge in [0.05, 0.1) is 0 Å². The molecule has 1 amide bonds. The van der Waals surface area contributed by atoms with Crippen LogP contribution < -0.4 is 10.2 Å². The second kappa shape index (κ2) is 8.35. The van der Waals surface area contributed by atoms with Crippen molar-refractivity contribution in [3.63, 3.8) is 0 Å². The van der Waals surface area contributed by atoms with Crippen LogP contribution in [0.3, 0.4) is 0 Å². The Morgan fingerprint density at radius 2 is 1.57 bits per heavy atom. The molecule has 3 aromatic carbocycles. The highest BCUT2D eigenvalue weighted by atomic mass is 16.1. The van der Waals surface area contributed by atoms with E-state index in [1.165, 1.54) is 24.1 Å². The molecule has 154 valence electrons. The van der Waals surface area contributed by atoms with E-state index in [0.29, 0.717) is 5.56 Å². The Morgan fingerprint density at radius 1 is 0.867 bits per heavy atom. The van der Waals surface area contributed by atoms with Gasteiger partial charge >= 0.3 is 0 Å². The molecule has 3 aromatic rings. The van der Waals surface area contributed by atoms with Gasteiger partial charge in [0.2, 0.25) is 0 Å². The molecule has 1 aliphatic rings. The normalized spacial score (nSPS) is 13.5. The molecule has 1 heterocycles. The third-order valence-electron chi connectivity index (χ3n) is 6.10. The highest BCUT2D eigenvalue weighted by Gasteiger charge is 2.21. The molecule has 1 aliphatic heterocycles. The highest BCUT2D eigenvalue weighted by molar-refractivity contribution is 6.09. The number of rotatable bonds is 4. The van der Waals surface area contributed by atoms with Gasteiger partial charge in [0.1, 0.15) is 0 Å². The first-order valence-electron chi connectivity index (χ1n) is 10.8. The van der Waals surface area contributed by atoms with Gasteiger partial charge in [-0.3, -0.25) is 4.79 Å². The zero-order valence-corrected chi connectivity index (χ0v) is 18.4. The number of aryl methyl sites for hydroxylation is 3. The monoisotopic (exact) mass is 398 g/mol. The van der Waals surface area contributed by atoms with Crippen molar-refractivity contribution in [3.8, 4) is 11.1 Å². The molecule has 0 radical (unpaired) electrons. The molecule has 1 fully saturated rings. The fraction of sp³-hybridized carbons (Fsp3) is 0.296. The Bertz CT molecular complexity index is 1080. The van der Waals surface area contributed by atoms with Gasteiger partial charge in [0, 0.05) is 30.0 Å². The van der Waals surface area contributed by atoms with Crippen molar-refractivity contribution in [2.24, 2.45) is 0 Å². The maximum absolute atomic E-state index is 13.5. The number of carbonyl (C=O) groups excluding carboxylic acids is 1. The summed E-state index contributed by atoms with van der Waals surface area (Å²) in [6.07, 6.45) is 2.47. The molecular weight excluding hydrogens is 368 g/mol. The number of carbonyl (C=O) groups is 1. The largest absolute Gasteiger partial charge is 0.371 e. The van der Waals surface area contributed by atoms with Gasteiger partial charge in [0.25, 0.3) is 5.91 Å². The van der Waals surface area contributed by atoms with Crippen molar-refractivity contribution in [3.05, 3.63) is 82.4 Å². The second-order valence-corrected chi connectivity index (χ2v) is 8.42. The summed E-state index contributed by atoms with van der Waals surface area (Å²) in [5.74, 6) is -0.0556. The summed E-state index contributed by atoms with van der Waals surface area (Å²) in [6.45, 7) is 10.6. The van der Waals surface area contributed by atoms with E-state index in [9.17, 15) is 4.79 Å². The molecule has 0 unspecified atom stereocenters. The number of hydrogen-bond donors (Lipinski definition) is 1. The first kappa shape index (κ1) is 20.2. The summed E-state index contributed by atoms with van der Waals surface area (Å²) >= 11 is 0. The molecular formula is C27H30N2O. The molecule has 1 N–H and O–H groups in total. The fourth-order valence-corrected chi connectivity index (χ4v) is 4.69. The van der Waals surface area contributed by atoms with Gasteiger partial charge in [-0.15, -0.1) is 0 Å². The van der Waals surface area contributed by atoms with Crippen molar-refractivity contribution >= 4 is 17.3 Å². The van der Waals surface area contributed by atoms with Gasteiger partial charge in [-0.1, -0.05) is 54.1 Å². The van der Waals surface area contributed by atoms with Gasteiger partial charge in [-0.2, -0.15) is 0 Å². The van der Waals surface area contributed by atoms with Crippen LogP contribution in [0.25, 0.3) is 11.1 Å². The molecule has 3 nitrogen and oxygen atoms in total. The molecule has 0 spiro atoms. The Balaban J connectivity index is 1.73. The third-order valence-corrected chi connectivity index (χ3v) is 6.10. The minimum Gasteiger partial charge on any atom is -0.371 e. The van der Waals surface area contributed by atoms with Crippen LogP contribution >= 0.6 is 0 Å². The third kappa shape index (κ3) is 3.85. The minimum atomic E-state index is -0.0556. The first-order valence-corrected chi connectivity index (χ1v) is 10.8. The van der Waals surface area contributed by atoms with Crippen LogP contribution in [0.15, 0.2) is 54.6 Å². The lowest BCUT2D eigenvalue weighted by Crippen LogP contribution is -2.22. The molecule has 0 aromatic heterocycles. The standard InChI is InChI=1S/C27H30N2O/c1-18-12-13-23(22-10-6-5-7-11-22)24(16-18)27(30)28-25-19(2)17-20(3)26(21(25)4)29-14-8-9-15-29/h5-7,10-13,16-17H,8-9,14-15H2,1-4H3,(H,28,30). The quantitative estimate of drug-likeness (QED) is 0.548. The summed E-state index contributed by atoms with van der Waals surface area (Å²) in [7, 11) is 0. The van der Waals surface area contributed by atoms with Gasteiger partial charge in [0.15, 0.2) is 0 Å². The summed E-state index contributed by atoms with van der Waals surface area (Å²) in [4.78, 5) is 15.9. The van der Waals surface area contributed by atoms with E-state index in [2.05, 4.69) is 55.3 Å². The predicted octanol–water partition coefficient (Wildman–Crippen LogP) is 6.44. The molecule has 0 aliphatic carbocycles. The minimum absolute atomic E-state index is 0.0556. The number of nitrogens with one attached hydrogen (secondary N) is 1.